The molecule has 154 valence electrons. The lowest BCUT2D eigenvalue weighted by atomic mass is 10.1. The van der Waals surface area contributed by atoms with Gasteiger partial charge in [0, 0.05) is 31.3 Å². The molecule has 30 heavy (non-hydrogen) atoms. The average Bonchev–Trinajstić information content (AvgIpc) is 3.33. The molecule has 4 aromatic rings. The molecule has 0 fully saturated rings. The Morgan fingerprint density at radius 2 is 2.00 bits per heavy atom. The van der Waals surface area contributed by atoms with Crippen LogP contribution >= 0.6 is 11.8 Å². The number of furan rings is 1. The van der Waals surface area contributed by atoms with Crippen LogP contribution in [0.15, 0.2) is 57.3 Å². The largest absolute Gasteiger partial charge is 0.453 e. The van der Waals surface area contributed by atoms with Gasteiger partial charge in [0.2, 0.25) is 5.82 Å². The number of fused-ring (bicyclic) bond motifs is 2. The molecule has 0 amide bonds. The summed E-state index contributed by atoms with van der Waals surface area (Å²) in [5.74, 6) is -0.294. The van der Waals surface area contributed by atoms with Gasteiger partial charge in [-0.3, -0.25) is 4.90 Å². The van der Waals surface area contributed by atoms with Gasteiger partial charge < -0.3 is 9.40 Å². The summed E-state index contributed by atoms with van der Waals surface area (Å²) < 4.78 is 44.3. The SMILES string of the molecule is FC(F)(F)c1ncc2c(n1)CCN(Cc1ccc(Sc3nc4ccccc4[nH]3)o1)C2. The van der Waals surface area contributed by atoms with Crippen molar-refractivity contribution >= 4 is 22.8 Å². The van der Waals surface area contributed by atoms with Gasteiger partial charge in [0.25, 0.3) is 0 Å². The minimum absolute atomic E-state index is 0.447. The molecule has 1 aromatic carbocycles. The number of aromatic amines is 1. The molecule has 0 radical (unpaired) electrons. The fourth-order valence-electron chi connectivity index (χ4n) is 3.44. The van der Waals surface area contributed by atoms with Crippen molar-refractivity contribution in [1.82, 2.24) is 24.8 Å². The fourth-order valence-corrected chi connectivity index (χ4v) is 4.22. The Labute approximate surface area is 173 Å². The third-order valence-corrected chi connectivity index (χ3v) is 5.66. The molecular formula is C20H16F3N5OS. The van der Waals surface area contributed by atoms with Crippen molar-refractivity contribution in [2.45, 2.75) is 35.9 Å². The molecule has 0 aliphatic carbocycles. The Hall–Kier alpha value is -2.85. The van der Waals surface area contributed by atoms with Crippen LogP contribution in [-0.2, 0) is 25.7 Å². The maximum Gasteiger partial charge on any atom is 0.451 e. The van der Waals surface area contributed by atoms with Gasteiger partial charge >= 0.3 is 6.18 Å². The number of rotatable bonds is 4. The van der Waals surface area contributed by atoms with Crippen LogP contribution in [0.3, 0.4) is 0 Å². The van der Waals surface area contributed by atoms with Crippen LogP contribution < -0.4 is 0 Å². The van der Waals surface area contributed by atoms with Crippen molar-refractivity contribution in [3.05, 3.63) is 65.4 Å². The molecule has 0 atom stereocenters. The Morgan fingerprint density at radius 1 is 1.13 bits per heavy atom. The number of para-hydroxylation sites is 2. The van der Waals surface area contributed by atoms with Crippen molar-refractivity contribution in [3.63, 3.8) is 0 Å². The highest BCUT2D eigenvalue weighted by Gasteiger charge is 2.35. The minimum Gasteiger partial charge on any atom is -0.453 e. The van der Waals surface area contributed by atoms with Gasteiger partial charge in [-0.15, -0.1) is 0 Å². The number of nitrogens with zero attached hydrogens (tertiary/aromatic N) is 4. The van der Waals surface area contributed by atoms with E-state index in [-0.39, 0.29) is 0 Å². The number of alkyl halides is 3. The average molecular weight is 431 g/mol. The standard InChI is InChI=1S/C20H16F3N5OS/c21-20(22,23)18-24-9-12-10-28(8-7-14(12)25-18)11-13-5-6-17(29-13)30-19-26-15-3-1-2-4-16(15)27-19/h1-6,9H,7-8,10-11H2,(H,26,27). The first-order valence-corrected chi connectivity index (χ1v) is 10.1. The van der Waals surface area contributed by atoms with Gasteiger partial charge in [-0.25, -0.2) is 15.0 Å². The van der Waals surface area contributed by atoms with Crippen molar-refractivity contribution in [3.8, 4) is 0 Å². The molecule has 3 aromatic heterocycles. The van der Waals surface area contributed by atoms with Crippen molar-refractivity contribution in [2.75, 3.05) is 6.54 Å². The summed E-state index contributed by atoms with van der Waals surface area (Å²) in [7, 11) is 0. The van der Waals surface area contributed by atoms with Gasteiger partial charge in [-0.1, -0.05) is 12.1 Å². The van der Waals surface area contributed by atoms with E-state index >= 15 is 0 Å². The van der Waals surface area contributed by atoms with Crippen LogP contribution in [0.2, 0.25) is 0 Å². The smallest absolute Gasteiger partial charge is 0.451 e. The first-order valence-electron chi connectivity index (χ1n) is 9.30. The maximum atomic E-state index is 12.8. The zero-order valence-corrected chi connectivity index (χ0v) is 16.4. The lowest BCUT2D eigenvalue weighted by molar-refractivity contribution is -0.145. The lowest BCUT2D eigenvalue weighted by Crippen LogP contribution is -2.31. The molecule has 0 saturated heterocycles. The molecule has 0 saturated carbocycles. The Bertz CT molecular complexity index is 1170. The summed E-state index contributed by atoms with van der Waals surface area (Å²) in [4.78, 5) is 17.0. The predicted molar refractivity (Wildman–Crippen MR) is 104 cm³/mol. The third kappa shape index (κ3) is 3.92. The first kappa shape index (κ1) is 19.1. The molecule has 4 heterocycles. The van der Waals surface area contributed by atoms with Gasteiger partial charge in [-0.05, 0) is 36.0 Å². The Balaban J connectivity index is 1.24. The highest BCUT2D eigenvalue weighted by atomic mass is 32.2. The van der Waals surface area contributed by atoms with Gasteiger partial charge in [0.05, 0.1) is 23.3 Å². The topological polar surface area (TPSA) is 70.8 Å². The first-order chi connectivity index (χ1) is 14.4. The van der Waals surface area contributed by atoms with Crippen molar-refractivity contribution < 1.29 is 17.6 Å². The summed E-state index contributed by atoms with van der Waals surface area (Å²) in [5.41, 5.74) is 3.05. The van der Waals surface area contributed by atoms with E-state index in [4.69, 9.17) is 4.42 Å². The van der Waals surface area contributed by atoms with E-state index in [1.54, 1.807) is 0 Å². The van der Waals surface area contributed by atoms with Crippen LogP contribution in [-0.4, -0.2) is 31.4 Å². The molecule has 10 heteroatoms. The molecule has 0 unspecified atom stereocenters. The zero-order chi connectivity index (χ0) is 20.7. The van der Waals surface area contributed by atoms with E-state index < -0.39 is 12.0 Å². The summed E-state index contributed by atoms with van der Waals surface area (Å²) in [5, 5.41) is 1.47. The van der Waals surface area contributed by atoms with E-state index in [2.05, 4.69) is 24.8 Å². The second-order valence-corrected chi connectivity index (χ2v) is 8.00. The van der Waals surface area contributed by atoms with E-state index in [0.717, 1.165) is 32.6 Å². The Morgan fingerprint density at radius 3 is 2.83 bits per heavy atom. The molecule has 1 N–H and O–H groups in total. The van der Waals surface area contributed by atoms with E-state index in [1.165, 1.54) is 18.0 Å². The summed E-state index contributed by atoms with van der Waals surface area (Å²) in [6.45, 7) is 1.65. The lowest BCUT2D eigenvalue weighted by Gasteiger charge is -2.27. The monoisotopic (exact) mass is 431 g/mol. The number of hydrogen-bond donors (Lipinski definition) is 1. The number of imidazole rings is 1. The number of nitrogens with one attached hydrogen (secondary N) is 1. The van der Waals surface area contributed by atoms with Gasteiger partial charge in [-0.2, -0.15) is 13.2 Å². The molecular weight excluding hydrogens is 415 g/mol. The Kier molecular flexibility index (Phi) is 4.75. The fraction of sp³-hybridized carbons (Fsp3) is 0.250. The quantitative estimate of drug-likeness (QED) is 0.506. The molecule has 5 rings (SSSR count). The van der Waals surface area contributed by atoms with Crippen LogP contribution in [0.1, 0.15) is 22.8 Å². The normalized spacial score (nSPS) is 14.9. The summed E-state index contributed by atoms with van der Waals surface area (Å²) in [6.07, 6.45) is -2.79. The number of benzene rings is 1. The van der Waals surface area contributed by atoms with E-state index in [1.807, 2.05) is 36.4 Å². The minimum atomic E-state index is -4.52. The highest BCUT2D eigenvalue weighted by molar-refractivity contribution is 7.99. The summed E-state index contributed by atoms with van der Waals surface area (Å²) in [6, 6.07) is 11.6. The van der Waals surface area contributed by atoms with Crippen molar-refractivity contribution in [2.24, 2.45) is 0 Å². The molecule has 1 aliphatic heterocycles. The van der Waals surface area contributed by atoms with Crippen LogP contribution in [0.25, 0.3) is 11.0 Å². The number of aromatic nitrogens is 4. The molecule has 0 spiro atoms. The summed E-state index contributed by atoms with van der Waals surface area (Å²) >= 11 is 1.41. The highest BCUT2D eigenvalue weighted by Crippen LogP contribution is 2.30. The second kappa shape index (κ2) is 7.44. The predicted octanol–water partition coefficient (Wildman–Crippen LogP) is 4.67. The van der Waals surface area contributed by atoms with Gasteiger partial charge in [0.1, 0.15) is 5.76 Å². The zero-order valence-electron chi connectivity index (χ0n) is 15.6. The number of halogens is 3. The molecule has 0 bridgehead atoms. The molecule has 1 aliphatic rings. The third-order valence-electron chi connectivity index (χ3n) is 4.85. The van der Waals surface area contributed by atoms with E-state index in [9.17, 15) is 13.2 Å². The maximum absolute atomic E-state index is 12.8. The number of H-pyrrole nitrogens is 1. The van der Waals surface area contributed by atoms with E-state index in [0.29, 0.717) is 31.7 Å². The van der Waals surface area contributed by atoms with Crippen LogP contribution in [0.4, 0.5) is 13.2 Å². The number of hydrogen-bond acceptors (Lipinski definition) is 6. The second-order valence-electron chi connectivity index (χ2n) is 7.01. The van der Waals surface area contributed by atoms with Crippen molar-refractivity contribution in [1.29, 1.82) is 0 Å². The van der Waals surface area contributed by atoms with Crippen LogP contribution in [0, 0.1) is 0 Å². The van der Waals surface area contributed by atoms with Crippen LogP contribution in [0.5, 0.6) is 0 Å². The molecule has 6 nitrogen and oxygen atoms in total. The van der Waals surface area contributed by atoms with Gasteiger partial charge in [0.15, 0.2) is 10.2 Å².